The SMILES string of the molecule is CC(Oc1ccc(Cl)cc1-c1ccsn1)C(=O)O. The first-order valence-corrected chi connectivity index (χ1v) is 6.39. The van der Waals surface area contributed by atoms with Crippen LogP contribution in [0.5, 0.6) is 5.75 Å². The number of rotatable bonds is 4. The molecule has 2 rings (SSSR count). The Kier molecular flexibility index (Phi) is 3.84. The van der Waals surface area contributed by atoms with Crippen LogP contribution < -0.4 is 4.74 Å². The molecule has 0 fully saturated rings. The molecule has 0 amide bonds. The van der Waals surface area contributed by atoms with Crippen molar-refractivity contribution < 1.29 is 14.6 Å². The molecule has 0 bridgehead atoms. The molecular weight excluding hydrogens is 274 g/mol. The van der Waals surface area contributed by atoms with Gasteiger partial charge in [0.15, 0.2) is 6.10 Å². The molecule has 6 heteroatoms. The highest BCUT2D eigenvalue weighted by atomic mass is 35.5. The fourth-order valence-corrected chi connectivity index (χ4v) is 2.09. The summed E-state index contributed by atoms with van der Waals surface area (Å²) < 4.78 is 9.59. The molecule has 4 nitrogen and oxygen atoms in total. The number of aromatic nitrogens is 1. The fraction of sp³-hybridized carbons (Fsp3) is 0.167. The fourth-order valence-electron chi connectivity index (χ4n) is 1.40. The van der Waals surface area contributed by atoms with Crippen molar-refractivity contribution >= 4 is 29.1 Å². The number of hydrogen-bond donors (Lipinski definition) is 1. The standard InChI is InChI=1S/C12H10ClNO3S/c1-7(12(15)16)17-11-3-2-8(13)6-9(11)10-4-5-18-14-10/h2-7H,1H3,(H,15,16). The molecule has 0 aliphatic heterocycles. The minimum absolute atomic E-state index is 0.459. The lowest BCUT2D eigenvalue weighted by Crippen LogP contribution is -2.23. The molecule has 0 saturated heterocycles. The molecule has 1 unspecified atom stereocenters. The summed E-state index contributed by atoms with van der Waals surface area (Å²) >= 11 is 7.25. The Morgan fingerprint density at radius 1 is 1.50 bits per heavy atom. The Morgan fingerprint density at radius 2 is 2.28 bits per heavy atom. The second-order valence-corrected chi connectivity index (χ2v) is 4.73. The monoisotopic (exact) mass is 283 g/mol. The van der Waals surface area contributed by atoms with Crippen molar-refractivity contribution in [1.29, 1.82) is 0 Å². The van der Waals surface area contributed by atoms with Crippen LogP contribution in [-0.4, -0.2) is 21.6 Å². The average Bonchev–Trinajstić information content (AvgIpc) is 2.84. The van der Waals surface area contributed by atoms with E-state index in [1.54, 1.807) is 18.2 Å². The van der Waals surface area contributed by atoms with Crippen molar-refractivity contribution in [2.75, 3.05) is 0 Å². The Hall–Kier alpha value is -1.59. The van der Waals surface area contributed by atoms with Gasteiger partial charge in [-0.2, -0.15) is 4.37 Å². The molecule has 0 saturated carbocycles. The summed E-state index contributed by atoms with van der Waals surface area (Å²) in [4.78, 5) is 10.8. The van der Waals surface area contributed by atoms with Crippen LogP contribution in [0, 0.1) is 0 Å². The lowest BCUT2D eigenvalue weighted by atomic mass is 10.1. The summed E-state index contributed by atoms with van der Waals surface area (Å²) in [6, 6.07) is 6.84. The zero-order chi connectivity index (χ0) is 13.1. The first-order valence-electron chi connectivity index (χ1n) is 5.17. The molecule has 0 radical (unpaired) electrons. The van der Waals surface area contributed by atoms with Crippen LogP contribution in [0.4, 0.5) is 0 Å². The molecular formula is C12H10ClNO3S. The van der Waals surface area contributed by atoms with E-state index in [1.165, 1.54) is 18.5 Å². The lowest BCUT2D eigenvalue weighted by Gasteiger charge is -2.13. The van der Waals surface area contributed by atoms with E-state index >= 15 is 0 Å². The zero-order valence-electron chi connectivity index (χ0n) is 9.46. The van der Waals surface area contributed by atoms with Gasteiger partial charge in [-0.3, -0.25) is 0 Å². The van der Waals surface area contributed by atoms with Gasteiger partial charge in [0.1, 0.15) is 5.75 Å². The minimum Gasteiger partial charge on any atom is -0.479 e. The molecule has 1 N–H and O–H groups in total. The van der Waals surface area contributed by atoms with Crippen molar-refractivity contribution in [3.05, 3.63) is 34.7 Å². The molecule has 1 aromatic heterocycles. The van der Waals surface area contributed by atoms with Crippen LogP contribution in [0.15, 0.2) is 29.6 Å². The van der Waals surface area contributed by atoms with Crippen LogP contribution in [0.25, 0.3) is 11.3 Å². The van der Waals surface area contributed by atoms with Crippen molar-refractivity contribution in [3.8, 4) is 17.0 Å². The maximum atomic E-state index is 10.8. The molecule has 1 atom stereocenters. The first kappa shape index (κ1) is 12.9. The predicted molar refractivity (Wildman–Crippen MR) is 70.3 cm³/mol. The Labute approximate surface area is 113 Å². The van der Waals surface area contributed by atoms with Crippen molar-refractivity contribution in [2.24, 2.45) is 0 Å². The first-order chi connectivity index (χ1) is 8.58. The average molecular weight is 284 g/mol. The van der Waals surface area contributed by atoms with E-state index in [-0.39, 0.29) is 0 Å². The third-order valence-corrected chi connectivity index (χ3v) is 3.10. The van der Waals surface area contributed by atoms with Crippen molar-refractivity contribution in [2.45, 2.75) is 13.0 Å². The lowest BCUT2D eigenvalue weighted by molar-refractivity contribution is -0.144. The van der Waals surface area contributed by atoms with Crippen LogP contribution in [-0.2, 0) is 4.79 Å². The van der Waals surface area contributed by atoms with Gasteiger partial charge in [-0.05, 0) is 42.7 Å². The Balaban J connectivity index is 2.38. The second-order valence-electron chi connectivity index (χ2n) is 3.62. The van der Waals surface area contributed by atoms with E-state index < -0.39 is 12.1 Å². The maximum absolute atomic E-state index is 10.8. The number of hydrogen-bond acceptors (Lipinski definition) is 4. The Morgan fingerprint density at radius 3 is 2.89 bits per heavy atom. The normalized spacial score (nSPS) is 12.1. The smallest absolute Gasteiger partial charge is 0.344 e. The van der Waals surface area contributed by atoms with Crippen molar-refractivity contribution in [3.63, 3.8) is 0 Å². The summed E-state index contributed by atoms with van der Waals surface area (Å²) in [6.07, 6.45) is -0.927. The highest BCUT2D eigenvalue weighted by molar-refractivity contribution is 7.03. The van der Waals surface area contributed by atoms with E-state index in [1.807, 2.05) is 11.4 Å². The number of nitrogens with zero attached hydrogens (tertiary/aromatic N) is 1. The van der Waals surface area contributed by atoms with Crippen molar-refractivity contribution in [1.82, 2.24) is 4.37 Å². The highest BCUT2D eigenvalue weighted by Crippen LogP contribution is 2.32. The van der Waals surface area contributed by atoms with Gasteiger partial charge >= 0.3 is 5.97 Å². The second kappa shape index (κ2) is 5.37. The number of carbonyl (C=O) groups is 1. The van der Waals surface area contributed by atoms with E-state index in [4.69, 9.17) is 21.4 Å². The molecule has 18 heavy (non-hydrogen) atoms. The van der Waals surface area contributed by atoms with Crippen LogP contribution in [0.2, 0.25) is 5.02 Å². The van der Waals surface area contributed by atoms with Crippen LogP contribution in [0.3, 0.4) is 0 Å². The zero-order valence-corrected chi connectivity index (χ0v) is 11.0. The molecule has 94 valence electrons. The molecule has 2 aromatic rings. The third-order valence-electron chi connectivity index (χ3n) is 2.31. The summed E-state index contributed by atoms with van der Waals surface area (Å²) in [7, 11) is 0. The van der Waals surface area contributed by atoms with Gasteiger partial charge in [0.05, 0.1) is 5.69 Å². The molecule has 1 heterocycles. The van der Waals surface area contributed by atoms with E-state index in [0.29, 0.717) is 16.3 Å². The van der Waals surface area contributed by atoms with Gasteiger partial charge in [0, 0.05) is 16.0 Å². The number of benzene rings is 1. The molecule has 1 aromatic carbocycles. The number of aliphatic carboxylic acids is 1. The summed E-state index contributed by atoms with van der Waals surface area (Å²) in [5, 5.41) is 11.2. The van der Waals surface area contributed by atoms with Crippen LogP contribution >= 0.6 is 23.1 Å². The molecule has 0 aliphatic carbocycles. The number of carboxylic acid groups (broad SMARTS) is 1. The largest absolute Gasteiger partial charge is 0.479 e. The minimum atomic E-state index is -1.02. The predicted octanol–water partition coefficient (Wildman–Crippen LogP) is 3.32. The van der Waals surface area contributed by atoms with E-state index in [0.717, 1.165) is 5.69 Å². The van der Waals surface area contributed by atoms with E-state index in [9.17, 15) is 4.79 Å². The topological polar surface area (TPSA) is 59.4 Å². The summed E-state index contributed by atoms with van der Waals surface area (Å²) in [6.45, 7) is 1.47. The summed E-state index contributed by atoms with van der Waals surface area (Å²) in [5.41, 5.74) is 1.41. The number of ether oxygens (including phenoxy) is 1. The third kappa shape index (κ3) is 2.80. The van der Waals surface area contributed by atoms with Gasteiger partial charge in [-0.25, -0.2) is 4.79 Å². The van der Waals surface area contributed by atoms with Crippen LogP contribution in [0.1, 0.15) is 6.92 Å². The quantitative estimate of drug-likeness (QED) is 0.935. The molecule has 0 spiro atoms. The highest BCUT2D eigenvalue weighted by Gasteiger charge is 2.16. The summed E-state index contributed by atoms with van der Waals surface area (Å²) in [5.74, 6) is -0.561. The van der Waals surface area contributed by atoms with E-state index in [2.05, 4.69) is 4.37 Å². The number of carboxylic acids is 1. The van der Waals surface area contributed by atoms with Gasteiger partial charge in [0.2, 0.25) is 0 Å². The maximum Gasteiger partial charge on any atom is 0.344 e. The molecule has 0 aliphatic rings. The van der Waals surface area contributed by atoms with Gasteiger partial charge in [-0.1, -0.05) is 11.6 Å². The van der Waals surface area contributed by atoms with Gasteiger partial charge in [0.25, 0.3) is 0 Å². The van der Waals surface area contributed by atoms with Gasteiger partial charge in [-0.15, -0.1) is 0 Å². The Bertz CT molecular complexity index is 556. The van der Waals surface area contributed by atoms with Gasteiger partial charge < -0.3 is 9.84 Å². The number of halogens is 1.